The summed E-state index contributed by atoms with van der Waals surface area (Å²) in [6.07, 6.45) is 0. The summed E-state index contributed by atoms with van der Waals surface area (Å²) in [6.45, 7) is 5.07. The van der Waals surface area contributed by atoms with Gasteiger partial charge in [-0.05, 0) is 18.6 Å². The van der Waals surface area contributed by atoms with E-state index < -0.39 is 0 Å². The molecule has 0 atom stereocenters. The van der Waals surface area contributed by atoms with Crippen LogP contribution in [-0.4, -0.2) is 30.6 Å². The number of hydrogen-bond acceptors (Lipinski definition) is 6. The molecule has 3 N–H and O–H groups in total. The Kier molecular flexibility index (Phi) is 5.14. The molecule has 0 aliphatic heterocycles. The lowest BCUT2D eigenvalue weighted by atomic mass is 9.86. The molecule has 156 valence electrons. The molecule has 6 heteroatoms. The van der Waals surface area contributed by atoms with Crippen LogP contribution >= 0.6 is 0 Å². The van der Waals surface area contributed by atoms with Crippen molar-refractivity contribution < 1.29 is 9.32 Å². The van der Waals surface area contributed by atoms with Crippen LogP contribution in [0.25, 0.3) is 22.2 Å². The van der Waals surface area contributed by atoms with E-state index in [4.69, 9.17) is 4.52 Å². The van der Waals surface area contributed by atoms with Gasteiger partial charge in [0.25, 0.3) is 0 Å². The monoisotopic (exact) mass is 412 g/mol. The highest BCUT2D eigenvalue weighted by molar-refractivity contribution is 6.28. The molecule has 31 heavy (non-hydrogen) atoms. The van der Waals surface area contributed by atoms with E-state index in [2.05, 4.69) is 33.2 Å². The molecule has 3 aromatic carbocycles. The Labute approximate surface area is 180 Å². The molecule has 0 bridgehead atoms. The second-order valence-electron chi connectivity index (χ2n) is 7.58. The number of anilines is 2. The Balaban J connectivity index is 1.43. The fourth-order valence-corrected chi connectivity index (χ4v) is 4.14. The van der Waals surface area contributed by atoms with Crippen molar-refractivity contribution in [2.24, 2.45) is 0 Å². The molecule has 0 spiro atoms. The zero-order chi connectivity index (χ0) is 21.2. The van der Waals surface area contributed by atoms with Crippen LogP contribution in [0.5, 0.6) is 0 Å². The Morgan fingerprint density at radius 2 is 1.68 bits per heavy atom. The Morgan fingerprint density at radius 1 is 0.903 bits per heavy atom. The van der Waals surface area contributed by atoms with E-state index >= 15 is 0 Å². The summed E-state index contributed by atoms with van der Waals surface area (Å²) in [5, 5.41) is 15.4. The molecule has 4 aromatic rings. The maximum Gasteiger partial charge on any atom is 0.196 e. The number of nitrogens with zero attached hydrogens (tertiary/aromatic N) is 1. The van der Waals surface area contributed by atoms with Gasteiger partial charge in [-0.15, -0.1) is 0 Å². The maximum atomic E-state index is 13.3. The second-order valence-corrected chi connectivity index (χ2v) is 7.58. The average molecular weight is 412 g/mol. The molecule has 0 unspecified atom stereocenters. The summed E-state index contributed by atoms with van der Waals surface area (Å²) in [5.41, 5.74) is 5.70. The van der Waals surface area contributed by atoms with Gasteiger partial charge < -0.3 is 20.5 Å². The van der Waals surface area contributed by atoms with Crippen molar-refractivity contribution in [3.8, 4) is 11.3 Å². The average Bonchev–Trinajstić information content (AvgIpc) is 3.24. The second kappa shape index (κ2) is 8.24. The van der Waals surface area contributed by atoms with Crippen LogP contribution in [0.4, 0.5) is 11.4 Å². The summed E-state index contributed by atoms with van der Waals surface area (Å²) in [5.74, 6) is 0.661. The number of hydrogen-bond donors (Lipinski definition) is 3. The van der Waals surface area contributed by atoms with Crippen LogP contribution < -0.4 is 16.0 Å². The SMILES string of the molecule is CCNc1cc(NCCNCc2ccccc2)c2noc3c2c1C(=O)c1ccccc1-3. The Hall–Kier alpha value is -3.64. The van der Waals surface area contributed by atoms with E-state index in [0.717, 1.165) is 42.0 Å². The zero-order valence-electron chi connectivity index (χ0n) is 17.4. The van der Waals surface area contributed by atoms with Crippen LogP contribution in [0.1, 0.15) is 28.4 Å². The minimum atomic E-state index is 0.00308. The minimum Gasteiger partial charge on any atom is -0.385 e. The number of aromatic nitrogens is 1. The first-order valence-electron chi connectivity index (χ1n) is 10.6. The quantitative estimate of drug-likeness (QED) is 0.321. The fraction of sp³-hybridized carbons (Fsp3) is 0.200. The van der Waals surface area contributed by atoms with Gasteiger partial charge in [0.1, 0.15) is 5.52 Å². The largest absolute Gasteiger partial charge is 0.385 e. The summed E-state index contributed by atoms with van der Waals surface area (Å²) in [7, 11) is 0. The summed E-state index contributed by atoms with van der Waals surface area (Å²) < 4.78 is 5.74. The third kappa shape index (κ3) is 3.45. The van der Waals surface area contributed by atoms with Crippen LogP contribution in [0.15, 0.2) is 65.2 Å². The van der Waals surface area contributed by atoms with Crippen LogP contribution in [0, 0.1) is 0 Å². The number of rotatable bonds is 8. The van der Waals surface area contributed by atoms with Crippen LogP contribution in [0.2, 0.25) is 0 Å². The summed E-state index contributed by atoms with van der Waals surface area (Å²) >= 11 is 0. The highest BCUT2D eigenvalue weighted by atomic mass is 16.5. The summed E-state index contributed by atoms with van der Waals surface area (Å²) in [4.78, 5) is 13.3. The molecule has 0 amide bonds. The minimum absolute atomic E-state index is 0.00308. The molecule has 1 aliphatic rings. The van der Waals surface area contributed by atoms with Gasteiger partial charge in [0.2, 0.25) is 0 Å². The number of benzene rings is 3. The van der Waals surface area contributed by atoms with Crippen molar-refractivity contribution in [3.05, 3.63) is 77.4 Å². The van der Waals surface area contributed by atoms with Gasteiger partial charge in [-0.3, -0.25) is 4.79 Å². The highest BCUT2D eigenvalue weighted by Gasteiger charge is 2.32. The van der Waals surface area contributed by atoms with Crippen LogP contribution in [0.3, 0.4) is 0 Å². The molecule has 1 aliphatic carbocycles. The predicted octanol–water partition coefficient (Wildman–Crippen LogP) is 4.67. The molecule has 1 heterocycles. The smallest absolute Gasteiger partial charge is 0.196 e. The molecule has 0 saturated heterocycles. The van der Waals surface area contributed by atoms with Crippen LogP contribution in [-0.2, 0) is 6.54 Å². The van der Waals surface area contributed by atoms with E-state index in [1.54, 1.807) is 0 Å². The van der Waals surface area contributed by atoms with E-state index in [0.29, 0.717) is 28.9 Å². The number of carbonyl (C=O) groups is 1. The number of ketones is 1. The number of carbonyl (C=O) groups excluding carboxylic acids is 1. The lowest BCUT2D eigenvalue weighted by molar-refractivity contribution is 0.104. The number of fused-ring (bicyclic) bond motifs is 2. The first-order chi connectivity index (χ1) is 15.3. The molecular weight excluding hydrogens is 388 g/mol. The van der Waals surface area contributed by atoms with E-state index in [9.17, 15) is 4.79 Å². The maximum absolute atomic E-state index is 13.3. The molecule has 0 saturated carbocycles. The molecule has 0 fully saturated rings. The molecule has 1 aromatic heterocycles. The van der Waals surface area contributed by atoms with Gasteiger partial charge in [-0.2, -0.15) is 0 Å². The topological polar surface area (TPSA) is 79.2 Å². The lowest BCUT2D eigenvalue weighted by Crippen LogP contribution is -2.22. The standard InChI is InChI=1S/C25H24N4O2/c1-2-27-19-14-20(28-13-12-26-15-16-8-4-3-5-9-16)23-22-21(19)24(30)17-10-6-7-11-18(17)25(22)31-29-23/h3-11,14,26-28H,2,12-13,15H2,1H3. The van der Waals surface area contributed by atoms with Crippen molar-refractivity contribution in [1.29, 1.82) is 0 Å². The normalized spacial score (nSPS) is 12.1. The first-order valence-corrected chi connectivity index (χ1v) is 10.6. The van der Waals surface area contributed by atoms with Crippen molar-refractivity contribution in [2.75, 3.05) is 30.3 Å². The first kappa shape index (κ1) is 19.3. The molecule has 0 radical (unpaired) electrons. The Morgan fingerprint density at radius 3 is 2.48 bits per heavy atom. The highest BCUT2D eigenvalue weighted by Crippen LogP contribution is 2.44. The van der Waals surface area contributed by atoms with Crippen molar-refractivity contribution in [3.63, 3.8) is 0 Å². The van der Waals surface area contributed by atoms with Gasteiger partial charge in [-0.25, -0.2) is 0 Å². The molecule has 5 rings (SSSR count). The lowest BCUT2D eigenvalue weighted by Gasteiger charge is -2.19. The van der Waals surface area contributed by atoms with Crippen molar-refractivity contribution in [1.82, 2.24) is 10.5 Å². The van der Waals surface area contributed by atoms with E-state index in [1.807, 2.05) is 55.5 Å². The third-order valence-electron chi connectivity index (χ3n) is 5.55. The van der Waals surface area contributed by atoms with Crippen molar-refractivity contribution in [2.45, 2.75) is 13.5 Å². The van der Waals surface area contributed by atoms with Gasteiger partial charge in [0.05, 0.1) is 16.6 Å². The van der Waals surface area contributed by atoms with E-state index in [-0.39, 0.29) is 5.78 Å². The zero-order valence-corrected chi connectivity index (χ0v) is 17.4. The van der Waals surface area contributed by atoms with Crippen molar-refractivity contribution >= 4 is 28.1 Å². The predicted molar refractivity (Wildman–Crippen MR) is 124 cm³/mol. The molecular formula is C25H24N4O2. The molecule has 6 nitrogen and oxygen atoms in total. The van der Waals surface area contributed by atoms with Gasteiger partial charge >= 0.3 is 0 Å². The van der Waals surface area contributed by atoms with Gasteiger partial charge in [0.15, 0.2) is 11.5 Å². The van der Waals surface area contributed by atoms with E-state index in [1.165, 1.54) is 5.56 Å². The third-order valence-corrected chi connectivity index (χ3v) is 5.55. The number of nitrogens with one attached hydrogen (secondary N) is 3. The van der Waals surface area contributed by atoms with Gasteiger partial charge in [-0.1, -0.05) is 59.8 Å². The summed E-state index contributed by atoms with van der Waals surface area (Å²) in [6, 6.07) is 19.8. The Bertz CT molecular complexity index is 1250. The van der Waals surface area contributed by atoms with Gasteiger partial charge in [0, 0.05) is 43.0 Å². The fourth-order valence-electron chi connectivity index (χ4n) is 4.14.